The first kappa shape index (κ1) is 98.7. The molecule has 0 fully saturated rings. The number of hydrogen-bond acceptors (Lipinski definition) is 15. The third-order valence-corrected chi connectivity index (χ3v) is 17.9. The Balaban J connectivity index is 5.45. The van der Waals surface area contributed by atoms with E-state index >= 15 is 0 Å². The molecule has 0 amide bonds. The maximum atomic E-state index is 13.1. The van der Waals surface area contributed by atoms with Crippen molar-refractivity contribution in [3.05, 3.63) is 158 Å². The van der Waals surface area contributed by atoms with Crippen LogP contribution in [0.2, 0.25) is 0 Å². The van der Waals surface area contributed by atoms with Crippen LogP contribution < -0.4 is 0 Å². The van der Waals surface area contributed by atoms with Gasteiger partial charge in [0.2, 0.25) is 0 Å². The molecule has 0 aliphatic rings. The van der Waals surface area contributed by atoms with E-state index in [4.69, 9.17) is 37.0 Å². The highest BCUT2D eigenvalue weighted by molar-refractivity contribution is 7.47. The molecule has 3 N–H and O–H groups in total. The summed E-state index contributed by atoms with van der Waals surface area (Å²) in [6.07, 6.45) is 88.0. The third-order valence-electron chi connectivity index (χ3n) is 16.0. The predicted molar refractivity (Wildman–Crippen MR) is 427 cm³/mol. The second-order valence-electron chi connectivity index (χ2n) is 25.9. The molecule has 0 saturated heterocycles. The lowest BCUT2D eigenvalue weighted by Crippen LogP contribution is -2.30. The summed E-state index contributed by atoms with van der Waals surface area (Å²) in [6, 6.07) is 0. The standard InChI is InChI=1S/C85H140O17P2/c1-5-9-13-17-21-25-29-33-36-39-42-46-49-53-57-61-65-69-82(87)95-75-80(101-84(89)71-67-63-59-55-51-45-32-28-24-20-16-12-8-4)77-99-103(91,92)97-73-79(86)74-98-104(93,94)100-78-81(102-85(90)72-68-64-60-56-52-48-44-41-38-35-31-27-23-19-15-11-7-3)76-96-83(88)70-66-62-58-54-50-47-43-40-37-34-30-26-22-18-14-10-6-2/h9-11,13-15,21-23,25-28,32-38,42-43,46-47,54,58,79-81,86H,5-8,12,16-20,24,29-31,39-41,44-45,48-53,55-57,59-78H2,1-4H3,(H,91,92)(H,93,94)/b13-9-,14-10-,15-11-,25-21-,26-22-,27-23-,32-28-,36-33-,37-34-,38-35-,46-42-,47-43-,58-54-. The lowest BCUT2D eigenvalue weighted by Gasteiger charge is -2.21. The Kier molecular flexibility index (Phi) is 72.0. The molecule has 0 rings (SSSR count). The van der Waals surface area contributed by atoms with Crippen molar-refractivity contribution in [3.8, 4) is 0 Å². The Morgan fingerprint density at radius 2 is 0.510 bits per heavy atom. The van der Waals surface area contributed by atoms with Crippen molar-refractivity contribution in [1.82, 2.24) is 0 Å². The number of rotatable bonds is 73. The summed E-state index contributed by atoms with van der Waals surface area (Å²) in [5.74, 6) is -2.30. The van der Waals surface area contributed by atoms with Crippen molar-refractivity contribution in [2.24, 2.45) is 0 Å². The number of allylic oxidation sites excluding steroid dienone is 26. The second kappa shape index (κ2) is 75.9. The van der Waals surface area contributed by atoms with Crippen molar-refractivity contribution >= 4 is 39.5 Å². The first-order chi connectivity index (χ1) is 50.7. The van der Waals surface area contributed by atoms with Crippen LogP contribution in [0.5, 0.6) is 0 Å². The number of carbonyl (C=O) groups is 4. The van der Waals surface area contributed by atoms with E-state index in [9.17, 15) is 43.2 Å². The predicted octanol–water partition coefficient (Wildman–Crippen LogP) is 23.2. The molecule has 0 spiro atoms. The van der Waals surface area contributed by atoms with E-state index in [0.717, 1.165) is 186 Å². The van der Waals surface area contributed by atoms with Crippen LogP contribution in [-0.2, 0) is 65.4 Å². The monoisotopic (exact) mass is 1490 g/mol. The fraction of sp³-hybridized carbons (Fsp3) is 0.647. The second-order valence-corrected chi connectivity index (χ2v) is 28.8. The number of phosphoric acid groups is 2. The number of aliphatic hydroxyl groups is 1. The van der Waals surface area contributed by atoms with Crippen molar-refractivity contribution < 1.29 is 80.2 Å². The quantitative estimate of drug-likeness (QED) is 0.0169. The van der Waals surface area contributed by atoms with Crippen molar-refractivity contribution in [1.29, 1.82) is 0 Å². The molecule has 0 aromatic carbocycles. The molecule has 0 heterocycles. The van der Waals surface area contributed by atoms with Crippen molar-refractivity contribution in [3.63, 3.8) is 0 Å². The molecule has 19 heteroatoms. The number of carbonyl (C=O) groups excluding carboxylic acids is 4. The van der Waals surface area contributed by atoms with E-state index in [0.29, 0.717) is 32.1 Å². The maximum Gasteiger partial charge on any atom is 0.472 e. The molecule has 0 aromatic heterocycles. The molecule has 17 nitrogen and oxygen atoms in total. The molecular formula is C85H140O17P2. The first-order valence-electron chi connectivity index (χ1n) is 39.7. The van der Waals surface area contributed by atoms with Crippen molar-refractivity contribution in [2.45, 2.75) is 316 Å². The average molecular weight is 1500 g/mol. The number of esters is 4. The molecule has 0 aliphatic heterocycles. The minimum atomic E-state index is -5.00. The van der Waals surface area contributed by atoms with Gasteiger partial charge in [-0.15, -0.1) is 0 Å². The van der Waals surface area contributed by atoms with E-state index in [1.54, 1.807) is 0 Å². The number of hydrogen-bond donors (Lipinski definition) is 3. The number of phosphoric ester groups is 2. The van der Waals surface area contributed by atoms with Crippen LogP contribution >= 0.6 is 15.6 Å². The lowest BCUT2D eigenvalue weighted by molar-refractivity contribution is -0.161. The Morgan fingerprint density at radius 1 is 0.279 bits per heavy atom. The Labute approximate surface area is 629 Å². The van der Waals surface area contributed by atoms with Gasteiger partial charge in [-0.05, 0) is 161 Å². The van der Waals surface area contributed by atoms with E-state index in [-0.39, 0.29) is 25.7 Å². The van der Waals surface area contributed by atoms with Crippen LogP contribution in [0.1, 0.15) is 297 Å². The smallest absolute Gasteiger partial charge is 0.462 e. The maximum absolute atomic E-state index is 13.1. The number of ether oxygens (including phenoxy) is 4. The van der Waals surface area contributed by atoms with Crippen LogP contribution in [-0.4, -0.2) is 96.7 Å². The van der Waals surface area contributed by atoms with Crippen molar-refractivity contribution in [2.75, 3.05) is 39.6 Å². The van der Waals surface area contributed by atoms with Gasteiger partial charge in [-0.3, -0.25) is 37.3 Å². The molecule has 0 bridgehead atoms. The highest BCUT2D eigenvalue weighted by Gasteiger charge is 2.30. The average Bonchev–Trinajstić information content (AvgIpc) is 0.910. The summed E-state index contributed by atoms with van der Waals surface area (Å²) in [4.78, 5) is 73.0. The number of aliphatic hydroxyl groups excluding tert-OH is 1. The zero-order valence-electron chi connectivity index (χ0n) is 64.6. The first-order valence-corrected chi connectivity index (χ1v) is 42.7. The highest BCUT2D eigenvalue weighted by Crippen LogP contribution is 2.45. The van der Waals surface area contributed by atoms with Gasteiger partial charge in [0.25, 0.3) is 0 Å². The van der Waals surface area contributed by atoms with E-state index in [2.05, 4.69) is 174 Å². The minimum Gasteiger partial charge on any atom is -0.462 e. The summed E-state index contributed by atoms with van der Waals surface area (Å²) in [5, 5.41) is 10.6. The van der Waals surface area contributed by atoms with Gasteiger partial charge < -0.3 is 33.8 Å². The molecule has 5 atom stereocenters. The molecule has 104 heavy (non-hydrogen) atoms. The highest BCUT2D eigenvalue weighted by atomic mass is 31.2. The molecule has 5 unspecified atom stereocenters. The van der Waals surface area contributed by atoms with Gasteiger partial charge in [-0.25, -0.2) is 9.13 Å². The van der Waals surface area contributed by atoms with Gasteiger partial charge in [0.05, 0.1) is 26.4 Å². The Morgan fingerprint density at radius 3 is 0.817 bits per heavy atom. The van der Waals surface area contributed by atoms with Gasteiger partial charge in [0.15, 0.2) is 12.2 Å². The topological polar surface area (TPSA) is 237 Å². The fourth-order valence-corrected chi connectivity index (χ4v) is 11.6. The fourth-order valence-electron chi connectivity index (χ4n) is 10.0. The van der Waals surface area contributed by atoms with E-state index < -0.39 is 97.5 Å². The zero-order valence-corrected chi connectivity index (χ0v) is 66.4. The van der Waals surface area contributed by atoms with Crippen LogP contribution in [0.15, 0.2) is 158 Å². The van der Waals surface area contributed by atoms with Gasteiger partial charge in [0, 0.05) is 25.7 Å². The van der Waals surface area contributed by atoms with Crippen LogP contribution in [0.4, 0.5) is 0 Å². The SMILES string of the molecule is CC/C=C\C/C=C\C/C=C\C/C=C\C/C=C\CCCC(=O)OCC(COP(=O)(O)OCC(O)COP(=O)(O)OCC(COC(=O)CCCCCC/C=C\C/C=C\C/C=C\C/C=C\CC)OC(=O)CCCCCCC/C=C\CCCCCC)OC(=O)CCCCCCCCC/C=C\C/C=C\C/C=C\CC. The Hall–Kier alpha value is -5.32. The van der Waals surface area contributed by atoms with Crippen LogP contribution in [0.3, 0.4) is 0 Å². The van der Waals surface area contributed by atoms with Gasteiger partial charge in [0.1, 0.15) is 19.3 Å². The zero-order chi connectivity index (χ0) is 76.0. The lowest BCUT2D eigenvalue weighted by atomic mass is 10.1. The number of unbranched alkanes of at least 4 members (excludes halogenated alkanes) is 21. The summed E-state index contributed by atoms with van der Waals surface area (Å²) in [5.41, 5.74) is 0. The molecule has 592 valence electrons. The largest absolute Gasteiger partial charge is 0.472 e. The van der Waals surface area contributed by atoms with Crippen LogP contribution in [0, 0.1) is 0 Å². The Bertz CT molecular complexity index is 2590. The van der Waals surface area contributed by atoms with Crippen LogP contribution in [0.25, 0.3) is 0 Å². The van der Waals surface area contributed by atoms with Gasteiger partial charge in [-0.2, -0.15) is 0 Å². The summed E-state index contributed by atoms with van der Waals surface area (Å²) in [6.45, 7) is 4.40. The minimum absolute atomic E-state index is 0.0659. The summed E-state index contributed by atoms with van der Waals surface area (Å²) in [7, 11) is -9.99. The van der Waals surface area contributed by atoms with E-state index in [1.807, 2.05) is 12.2 Å². The van der Waals surface area contributed by atoms with Gasteiger partial charge >= 0.3 is 39.5 Å². The van der Waals surface area contributed by atoms with E-state index in [1.165, 1.54) is 25.7 Å². The molecule has 0 aromatic rings. The molecule has 0 aliphatic carbocycles. The normalized spacial score (nSPS) is 14.7. The summed E-state index contributed by atoms with van der Waals surface area (Å²) >= 11 is 0. The summed E-state index contributed by atoms with van der Waals surface area (Å²) < 4.78 is 68.5. The molecule has 0 radical (unpaired) electrons. The van der Waals surface area contributed by atoms with Gasteiger partial charge in [-0.1, -0.05) is 269 Å². The molecule has 0 saturated carbocycles. The third kappa shape index (κ3) is 74.9. The molecular weight excluding hydrogens is 1350 g/mol.